The third-order valence-corrected chi connectivity index (χ3v) is 4.59. The Morgan fingerprint density at radius 3 is 2.40 bits per heavy atom. The summed E-state index contributed by atoms with van der Waals surface area (Å²) in [5.41, 5.74) is 0.665. The van der Waals surface area contributed by atoms with Crippen LogP contribution in [0, 0.1) is 10.1 Å². The van der Waals surface area contributed by atoms with Crippen molar-refractivity contribution in [1.29, 1.82) is 0 Å². The van der Waals surface area contributed by atoms with Crippen LogP contribution in [0.5, 0.6) is 5.75 Å². The second-order valence-corrected chi connectivity index (χ2v) is 6.60. The summed E-state index contributed by atoms with van der Waals surface area (Å²) in [6, 6.07) is 13.7. The average molecular weight is 357 g/mol. The van der Waals surface area contributed by atoms with Crippen LogP contribution in [0.1, 0.15) is 18.1 Å². The SMILES string of the molecule is COc1ccc(S[C@H](C)c2nnc(-c3ccc([N+](=O)[O-])cc3)o2)cc1. The monoisotopic (exact) mass is 357 g/mol. The zero-order valence-electron chi connectivity index (χ0n) is 13.6. The zero-order chi connectivity index (χ0) is 17.8. The Balaban J connectivity index is 1.72. The van der Waals surface area contributed by atoms with Crippen molar-refractivity contribution in [3.05, 3.63) is 64.5 Å². The van der Waals surface area contributed by atoms with Crippen molar-refractivity contribution in [3.63, 3.8) is 0 Å². The molecule has 2 aromatic carbocycles. The van der Waals surface area contributed by atoms with E-state index in [1.807, 2.05) is 31.2 Å². The summed E-state index contributed by atoms with van der Waals surface area (Å²) >= 11 is 1.59. The van der Waals surface area contributed by atoms with Crippen molar-refractivity contribution < 1.29 is 14.1 Å². The number of benzene rings is 2. The molecule has 0 fully saturated rings. The van der Waals surface area contributed by atoms with E-state index in [4.69, 9.17) is 9.15 Å². The largest absolute Gasteiger partial charge is 0.497 e. The van der Waals surface area contributed by atoms with Crippen molar-refractivity contribution in [2.24, 2.45) is 0 Å². The number of hydrogen-bond acceptors (Lipinski definition) is 7. The molecule has 1 atom stereocenters. The van der Waals surface area contributed by atoms with E-state index in [1.54, 1.807) is 31.0 Å². The van der Waals surface area contributed by atoms with E-state index < -0.39 is 4.92 Å². The predicted octanol–water partition coefficient (Wildman–Crippen LogP) is 4.51. The van der Waals surface area contributed by atoms with Crippen LogP contribution in [0.25, 0.3) is 11.5 Å². The summed E-state index contributed by atoms with van der Waals surface area (Å²) < 4.78 is 10.9. The summed E-state index contributed by atoms with van der Waals surface area (Å²) in [5, 5.41) is 18.8. The highest BCUT2D eigenvalue weighted by Crippen LogP contribution is 2.35. The first-order chi connectivity index (χ1) is 12.1. The molecule has 3 aromatic rings. The lowest BCUT2D eigenvalue weighted by atomic mass is 10.2. The average Bonchev–Trinajstić information content (AvgIpc) is 3.13. The van der Waals surface area contributed by atoms with Crippen molar-refractivity contribution in [2.45, 2.75) is 17.1 Å². The number of nitro benzene ring substituents is 1. The third-order valence-electron chi connectivity index (χ3n) is 3.49. The standard InChI is InChI=1S/C17H15N3O4S/c1-11(25-15-9-7-14(23-2)8-10-15)16-18-19-17(24-16)12-3-5-13(6-4-12)20(21)22/h3-11H,1-2H3/t11-/m1/s1. The molecule has 0 amide bonds. The molecule has 0 aliphatic carbocycles. The number of rotatable bonds is 6. The highest BCUT2D eigenvalue weighted by atomic mass is 32.2. The molecule has 0 saturated heterocycles. The summed E-state index contributed by atoms with van der Waals surface area (Å²) in [6.07, 6.45) is 0. The van der Waals surface area contributed by atoms with Crippen LogP contribution in [-0.2, 0) is 0 Å². The molecule has 0 radical (unpaired) electrons. The quantitative estimate of drug-likeness (QED) is 0.364. The Labute approximate surface area is 148 Å². The summed E-state index contributed by atoms with van der Waals surface area (Å²) in [5.74, 6) is 1.64. The van der Waals surface area contributed by atoms with Gasteiger partial charge in [0, 0.05) is 22.6 Å². The minimum Gasteiger partial charge on any atom is -0.497 e. The Morgan fingerprint density at radius 2 is 1.80 bits per heavy atom. The fourth-order valence-corrected chi connectivity index (χ4v) is 3.05. The van der Waals surface area contributed by atoms with Crippen LogP contribution in [-0.4, -0.2) is 22.2 Å². The van der Waals surface area contributed by atoms with Gasteiger partial charge in [-0.25, -0.2) is 0 Å². The lowest BCUT2D eigenvalue weighted by Gasteiger charge is -2.07. The molecule has 1 heterocycles. The third kappa shape index (κ3) is 3.97. The van der Waals surface area contributed by atoms with E-state index >= 15 is 0 Å². The Kier molecular flexibility index (Phi) is 4.99. The molecule has 8 heteroatoms. The number of thioether (sulfide) groups is 1. The minimum atomic E-state index is -0.448. The molecular weight excluding hydrogens is 342 g/mol. The number of nitro groups is 1. The van der Waals surface area contributed by atoms with Crippen LogP contribution >= 0.6 is 11.8 Å². The Hall–Kier alpha value is -2.87. The summed E-state index contributed by atoms with van der Waals surface area (Å²) in [7, 11) is 1.63. The van der Waals surface area contributed by atoms with Gasteiger partial charge >= 0.3 is 0 Å². The fraction of sp³-hybridized carbons (Fsp3) is 0.176. The van der Waals surface area contributed by atoms with E-state index in [0.29, 0.717) is 17.3 Å². The van der Waals surface area contributed by atoms with E-state index in [0.717, 1.165) is 10.6 Å². The number of non-ortho nitro benzene ring substituents is 1. The van der Waals surface area contributed by atoms with Crippen LogP contribution in [0.2, 0.25) is 0 Å². The number of hydrogen-bond donors (Lipinski definition) is 0. The van der Waals surface area contributed by atoms with Crippen LogP contribution in [0.3, 0.4) is 0 Å². The van der Waals surface area contributed by atoms with Gasteiger partial charge in [-0.15, -0.1) is 22.0 Å². The normalized spacial score (nSPS) is 11.9. The molecule has 0 N–H and O–H groups in total. The van der Waals surface area contributed by atoms with Crippen molar-refractivity contribution in [2.75, 3.05) is 7.11 Å². The van der Waals surface area contributed by atoms with Gasteiger partial charge in [0.25, 0.3) is 5.69 Å². The lowest BCUT2D eigenvalue weighted by molar-refractivity contribution is -0.384. The Morgan fingerprint density at radius 1 is 1.12 bits per heavy atom. The van der Waals surface area contributed by atoms with Gasteiger partial charge < -0.3 is 9.15 Å². The summed E-state index contributed by atoms with van der Waals surface area (Å²) in [4.78, 5) is 11.3. The van der Waals surface area contributed by atoms with Crippen LogP contribution < -0.4 is 4.74 Å². The second-order valence-electron chi connectivity index (χ2n) is 5.19. The van der Waals surface area contributed by atoms with Gasteiger partial charge in [0.15, 0.2) is 0 Å². The molecule has 1 aromatic heterocycles. The van der Waals surface area contributed by atoms with Gasteiger partial charge in [0.2, 0.25) is 11.8 Å². The van der Waals surface area contributed by atoms with Gasteiger partial charge in [-0.2, -0.15) is 0 Å². The van der Waals surface area contributed by atoms with E-state index in [9.17, 15) is 10.1 Å². The molecular formula is C17H15N3O4S. The maximum absolute atomic E-state index is 10.7. The predicted molar refractivity (Wildman–Crippen MR) is 93.7 cm³/mol. The van der Waals surface area contributed by atoms with E-state index in [1.165, 1.54) is 12.1 Å². The molecule has 3 rings (SSSR count). The van der Waals surface area contributed by atoms with Crippen molar-refractivity contribution in [1.82, 2.24) is 10.2 Å². The van der Waals surface area contributed by atoms with Crippen molar-refractivity contribution in [3.8, 4) is 17.2 Å². The molecule has 0 spiro atoms. The number of nitrogens with zero attached hydrogens (tertiary/aromatic N) is 3. The van der Waals surface area contributed by atoms with Crippen LogP contribution in [0.4, 0.5) is 5.69 Å². The lowest BCUT2D eigenvalue weighted by Crippen LogP contribution is -1.89. The molecule has 128 valence electrons. The fourth-order valence-electron chi connectivity index (χ4n) is 2.15. The number of aromatic nitrogens is 2. The van der Waals surface area contributed by atoms with E-state index in [2.05, 4.69) is 10.2 Å². The molecule has 0 unspecified atom stereocenters. The molecule has 7 nitrogen and oxygen atoms in total. The summed E-state index contributed by atoms with van der Waals surface area (Å²) in [6.45, 7) is 1.97. The molecule has 25 heavy (non-hydrogen) atoms. The van der Waals surface area contributed by atoms with Gasteiger partial charge in [-0.05, 0) is 43.3 Å². The molecule has 0 aliphatic rings. The number of methoxy groups -OCH3 is 1. The topological polar surface area (TPSA) is 91.3 Å². The zero-order valence-corrected chi connectivity index (χ0v) is 14.4. The molecule has 0 aliphatic heterocycles. The van der Waals surface area contributed by atoms with Gasteiger partial charge in [-0.3, -0.25) is 10.1 Å². The van der Waals surface area contributed by atoms with Gasteiger partial charge in [0.05, 0.1) is 17.3 Å². The van der Waals surface area contributed by atoms with E-state index in [-0.39, 0.29) is 10.9 Å². The highest BCUT2D eigenvalue weighted by molar-refractivity contribution is 7.99. The maximum Gasteiger partial charge on any atom is 0.269 e. The number of ether oxygens (including phenoxy) is 1. The second kappa shape index (κ2) is 7.35. The molecule has 0 bridgehead atoms. The van der Waals surface area contributed by atoms with Crippen LogP contribution in [0.15, 0.2) is 57.8 Å². The maximum atomic E-state index is 10.7. The molecule has 0 saturated carbocycles. The Bertz CT molecular complexity index is 862. The first-order valence-corrected chi connectivity index (χ1v) is 8.33. The first kappa shape index (κ1) is 17.0. The van der Waals surface area contributed by atoms with Gasteiger partial charge in [-0.1, -0.05) is 0 Å². The smallest absolute Gasteiger partial charge is 0.269 e. The highest BCUT2D eigenvalue weighted by Gasteiger charge is 2.17. The first-order valence-electron chi connectivity index (χ1n) is 7.46. The van der Waals surface area contributed by atoms with Gasteiger partial charge in [0.1, 0.15) is 5.75 Å². The van der Waals surface area contributed by atoms with Crippen molar-refractivity contribution >= 4 is 17.4 Å². The minimum absolute atomic E-state index is 0.0203.